The average molecular weight is 339 g/mol. The van der Waals surface area contributed by atoms with E-state index in [4.69, 9.17) is 0 Å². The summed E-state index contributed by atoms with van der Waals surface area (Å²) in [4.78, 5) is 22.5. The first-order valence-electron chi connectivity index (χ1n) is 8.75. The van der Waals surface area contributed by atoms with E-state index in [1.54, 1.807) is 0 Å². The molecule has 25 heavy (non-hydrogen) atoms. The van der Waals surface area contributed by atoms with Crippen LogP contribution in [0.1, 0.15) is 32.5 Å². The van der Waals surface area contributed by atoms with Gasteiger partial charge >= 0.3 is 0 Å². The summed E-state index contributed by atoms with van der Waals surface area (Å²) >= 11 is 0. The predicted molar refractivity (Wildman–Crippen MR) is 101 cm³/mol. The number of nitrogens with one attached hydrogen (secondary N) is 2. The lowest BCUT2D eigenvalue weighted by molar-refractivity contribution is -0.114. The van der Waals surface area contributed by atoms with E-state index in [0.717, 1.165) is 47.8 Å². The van der Waals surface area contributed by atoms with E-state index in [2.05, 4.69) is 32.4 Å². The molecule has 1 aromatic carbocycles. The number of hydrogen-bond donors (Lipinski definition) is 2. The summed E-state index contributed by atoms with van der Waals surface area (Å²) in [6, 6.07) is 9.58. The van der Waals surface area contributed by atoms with Crippen LogP contribution in [0.4, 0.5) is 23.0 Å². The number of aromatic nitrogens is 2. The molecule has 1 saturated heterocycles. The Morgan fingerprint density at radius 3 is 2.40 bits per heavy atom. The van der Waals surface area contributed by atoms with Crippen LogP contribution in [0, 0.1) is 12.8 Å². The van der Waals surface area contributed by atoms with Crippen LogP contribution in [0.25, 0.3) is 0 Å². The molecule has 1 aliphatic rings. The summed E-state index contributed by atoms with van der Waals surface area (Å²) in [5, 5.41) is 6.08. The fourth-order valence-electron chi connectivity index (χ4n) is 3.00. The number of aryl methyl sites for hydroxylation is 1. The average Bonchev–Trinajstić information content (AvgIpc) is 2.56. The van der Waals surface area contributed by atoms with Gasteiger partial charge in [0.2, 0.25) is 5.91 Å². The van der Waals surface area contributed by atoms with Crippen molar-refractivity contribution < 1.29 is 4.79 Å². The molecule has 0 bridgehead atoms. The van der Waals surface area contributed by atoms with Gasteiger partial charge in [-0.15, -0.1) is 0 Å². The SMILES string of the molecule is CC(=O)Nc1ccc(Nc2cc(N3CCC(C)CC3)nc(C)n2)cc1. The summed E-state index contributed by atoms with van der Waals surface area (Å²) < 4.78 is 0. The summed E-state index contributed by atoms with van der Waals surface area (Å²) in [6.07, 6.45) is 2.41. The van der Waals surface area contributed by atoms with Crippen LogP contribution in [0.5, 0.6) is 0 Å². The van der Waals surface area contributed by atoms with E-state index in [-0.39, 0.29) is 5.91 Å². The van der Waals surface area contributed by atoms with Gasteiger partial charge in [-0.2, -0.15) is 0 Å². The lowest BCUT2D eigenvalue weighted by Gasteiger charge is -2.31. The molecular formula is C19H25N5O. The number of hydrogen-bond acceptors (Lipinski definition) is 5. The number of amides is 1. The monoisotopic (exact) mass is 339 g/mol. The fraction of sp³-hybridized carbons (Fsp3) is 0.421. The van der Waals surface area contributed by atoms with Gasteiger partial charge in [0.1, 0.15) is 17.5 Å². The van der Waals surface area contributed by atoms with Crippen LogP contribution < -0.4 is 15.5 Å². The lowest BCUT2D eigenvalue weighted by Crippen LogP contribution is -2.33. The number of anilines is 4. The van der Waals surface area contributed by atoms with Crippen molar-refractivity contribution in [2.45, 2.75) is 33.6 Å². The van der Waals surface area contributed by atoms with E-state index in [0.29, 0.717) is 0 Å². The second kappa shape index (κ2) is 7.51. The number of nitrogens with zero attached hydrogens (tertiary/aromatic N) is 3. The third-order valence-corrected chi connectivity index (χ3v) is 4.41. The highest BCUT2D eigenvalue weighted by molar-refractivity contribution is 5.88. The van der Waals surface area contributed by atoms with Crippen LogP contribution in [-0.4, -0.2) is 29.0 Å². The highest BCUT2D eigenvalue weighted by atomic mass is 16.1. The Bertz CT molecular complexity index is 736. The molecule has 6 heteroatoms. The zero-order chi connectivity index (χ0) is 17.8. The molecule has 0 atom stereocenters. The molecule has 2 N–H and O–H groups in total. The number of rotatable bonds is 4. The normalized spacial score (nSPS) is 15.1. The molecule has 6 nitrogen and oxygen atoms in total. The van der Waals surface area contributed by atoms with Crippen LogP contribution in [-0.2, 0) is 4.79 Å². The molecule has 2 heterocycles. The molecular weight excluding hydrogens is 314 g/mol. The third-order valence-electron chi connectivity index (χ3n) is 4.41. The van der Waals surface area contributed by atoms with Gasteiger partial charge in [0.15, 0.2) is 0 Å². The molecule has 0 aliphatic carbocycles. The zero-order valence-corrected chi connectivity index (χ0v) is 15.0. The maximum absolute atomic E-state index is 11.1. The maximum Gasteiger partial charge on any atom is 0.221 e. The Labute approximate surface area is 148 Å². The van der Waals surface area contributed by atoms with E-state index in [9.17, 15) is 4.79 Å². The smallest absolute Gasteiger partial charge is 0.221 e. The Morgan fingerprint density at radius 2 is 1.76 bits per heavy atom. The van der Waals surface area contributed by atoms with Gasteiger partial charge in [0, 0.05) is 37.5 Å². The molecule has 1 aromatic heterocycles. The van der Waals surface area contributed by atoms with Gasteiger partial charge in [-0.3, -0.25) is 4.79 Å². The van der Waals surface area contributed by atoms with Crippen molar-refractivity contribution in [1.82, 2.24) is 9.97 Å². The minimum Gasteiger partial charge on any atom is -0.356 e. The first-order valence-corrected chi connectivity index (χ1v) is 8.75. The number of piperidine rings is 1. The van der Waals surface area contributed by atoms with Crippen molar-refractivity contribution in [3.63, 3.8) is 0 Å². The topological polar surface area (TPSA) is 70.2 Å². The van der Waals surface area contributed by atoms with Crippen molar-refractivity contribution in [3.8, 4) is 0 Å². The highest BCUT2D eigenvalue weighted by Gasteiger charge is 2.18. The van der Waals surface area contributed by atoms with E-state index < -0.39 is 0 Å². The Kier molecular flexibility index (Phi) is 5.16. The first-order chi connectivity index (χ1) is 12.0. The Hall–Kier alpha value is -2.63. The van der Waals surface area contributed by atoms with Gasteiger partial charge in [-0.1, -0.05) is 6.92 Å². The van der Waals surface area contributed by atoms with E-state index in [1.807, 2.05) is 37.3 Å². The third kappa shape index (κ3) is 4.68. The minimum atomic E-state index is -0.0763. The van der Waals surface area contributed by atoms with E-state index in [1.165, 1.54) is 19.8 Å². The quantitative estimate of drug-likeness (QED) is 0.888. The van der Waals surface area contributed by atoms with Crippen LogP contribution in [0.15, 0.2) is 30.3 Å². The summed E-state index contributed by atoms with van der Waals surface area (Å²) in [6.45, 7) is 7.81. The Balaban J connectivity index is 1.73. The molecule has 132 valence electrons. The fourth-order valence-corrected chi connectivity index (χ4v) is 3.00. The van der Waals surface area contributed by atoms with Gasteiger partial charge in [-0.25, -0.2) is 9.97 Å². The molecule has 2 aromatic rings. The zero-order valence-electron chi connectivity index (χ0n) is 15.0. The summed E-state index contributed by atoms with van der Waals surface area (Å²) in [5.41, 5.74) is 1.70. The van der Waals surface area contributed by atoms with E-state index >= 15 is 0 Å². The van der Waals surface area contributed by atoms with Crippen molar-refractivity contribution in [1.29, 1.82) is 0 Å². The van der Waals surface area contributed by atoms with Crippen LogP contribution in [0.2, 0.25) is 0 Å². The van der Waals surface area contributed by atoms with Crippen molar-refractivity contribution >= 4 is 28.9 Å². The molecule has 0 saturated carbocycles. The van der Waals surface area contributed by atoms with Crippen LogP contribution in [0.3, 0.4) is 0 Å². The van der Waals surface area contributed by atoms with Gasteiger partial charge in [-0.05, 0) is 49.9 Å². The summed E-state index contributed by atoms with van der Waals surface area (Å²) in [7, 11) is 0. The largest absolute Gasteiger partial charge is 0.356 e. The first kappa shape index (κ1) is 17.2. The van der Waals surface area contributed by atoms with Gasteiger partial charge < -0.3 is 15.5 Å². The number of carbonyl (C=O) groups is 1. The molecule has 3 rings (SSSR count). The predicted octanol–water partition coefficient (Wildman–Crippen LogP) is 3.72. The Morgan fingerprint density at radius 1 is 1.12 bits per heavy atom. The molecule has 0 unspecified atom stereocenters. The van der Waals surface area contributed by atoms with Gasteiger partial charge in [0.25, 0.3) is 0 Å². The molecule has 1 aliphatic heterocycles. The lowest BCUT2D eigenvalue weighted by atomic mass is 9.99. The number of carbonyl (C=O) groups excluding carboxylic acids is 1. The second-order valence-corrected chi connectivity index (χ2v) is 6.71. The standard InChI is InChI=1S/C19H25N5O/c1-13-8-10-24(11-9-13)19-12-18(20-14(2)21-19)23-17-6-4-16(5-7-17)22-15(3)25/h4-7,12-13H,8-11H2,1-3H3,(H,22,25)(H,20,21,23). The van der Waals surface area contributed by atoms with Crippen LogP contribution >= 0.6 is 0 Å². The molecule has 1 amide bonds. The van der Waals surface area contributed by atoms with Gasteiger partial charge in [0.05, 0.1) is 0 Å². The molecule has 0 radical (unpaired) electrons. The highest BCUT2D eigenvalue weighted by Crippen LogP contribution is 2.25. The maximum atomic E-state index is 11.1. The molecule has 0 spiro atoms. The molecule has 1 fully saturated rings. The van der Waals surface area contributed by atoms with Crippen molar-refractivity contribution in [3.05, 3.63) is 36.2 Å². The second-order valence-electron chi connectivity index (χ2n) is 6.71. The minimum absolute atomic E-state index is 0.0763. The number of benzene rings is 1. The van der Waals surface area contributed by atoms with Crippen molar-refractivity contribution in [2.24, 2.45) is 5.92 Å². The van der Waals surface area contributed by atoms with Crippen molar-refractivity contribution in [2.75, 3.05) is 28.6 Å². The summed E-state index contributed by atoms with van der Waals surface area (Å²) in [5.74, 6) is 3.24.